The van der Waals surface area contributed by atoms with Crippen LogP contribution in [0.5, 0.6) is 5.75 Å². The number of carboxylic acid groups (broad SMARTS) is 1. The van der Waals surface area contributed by atoms with Crippen LogP contribution >= 0.6 is 11.6 Å². The minimum Gasteiger partial charge on any atom is -0.495 e. The first-order valence-electron chi connectivity index (χ1n) is 13.2. The van der Waals surface area contributed by atoms with E-state index in [4.69, 9.17) is 16.3 Å². The molecule has 0 fully saturated rings. The van der Waals surface area contributed by atoms with Crippen molar-refractivity contribution in [2.75, 3.05) is 7.11 Å². The molecule has 1 heterocycles. The number of hydrogen-bond acceptors (Lipinski definition) is 5. The summed E-state index contributed by atoms with van der Waals surface area (Å²) >= 11 is 6.29. The fourth-order valence-electron chi connectivity index (χ4n) is 4.78. The molecule has 1 N–H and O–H groups in total. The van der Waals surface area contributed by atoms with Crippen LogP contribution in [0.15, 0.2) is 89.9 Å². The number of benzene rings is 3. The lowest BCUT2D eigenvalue weighted by molar-refractivity contribution is -0.121. The van der Waals surface area contributed by atoms with Crippen molar-refractivity contribution in [1.29, 1.82) is 0 Å². The molecule has 0 aliphatic heterocycles. The zero-order valence-electron chi connectivity index (χ0n) is 22.8. The summed E-state index contributed by atoms with van der Waals surface area (Å²) in [5, 5.41) is 9.60. The Morgan fingerprint density at radius 3 is 2.27 bits per heavy atom. The molecule has 41 heavy (non-hydrogen) atoms. The third kappa shape index (κ3) is 6.99. The number of aromatic carboxylic acids is 1. The molecule has 0 amide bonds. The standard InChI is InChI=1S/C33H30ClNO6/c1-3-7-29(36)25-15-14-24(34)18-26(25)27-19-32(38)35(20-31(27)41-2)28(16-21-8-5-4-6-9-21)30(37)17-22-10-12-23(13-11-22)33(39)40/h4-6,8-15,18-20,28H,3,7,16-17H2,1-2H3,(H,39,40). The van der Waals surface area contributed by atoms with Crippen molar-refractivity contribution in [3.05, 3.63) is 123 Å². The average molecular weight is 572 g/mol. The zero-order valence-corrected chi connectivity index (χ0v) is 23.6. The number of carboxylic acids is 1. The van der Waals surface area contributed by atoms with Crippen molar-refractivity contribution in [2.45, 2.75) is 38.6 Å². The van der Waals surface area contributed by atoms with Crippen LogP contribution in [0, 0.1) is 0 Å². The Bertz CT molecular complexity index is 1630. The predicted octanol–water partition coefficient (Wildman–Crippen LogP) is 6.45. The number of halogens is 1. The van der Waals surface area contributed by atoms with Gasteiger partial charge in [0, 0.05) is 41.5 Å². The fraction of sp³-hybridized carbons (Fsp3) is 0.212. The molecule has 0 aliphatic carbocycles. The molecule has 0 aliphatic rings. The first kappa shape index (κ1) is 29.5. The highest BCUT2D eigenvalue weighted by atomic mass is 35.5. The summed E-state index contributed by atoms with van der Waals surface area (Å²) in [6.07, 6.45) is 2.77. The smallest absolute Gasteiger partial charge is 0.335 e. The first-order chi connectivity index (χ1) is 19.7. The SMILES string of the molecule is CCCC(=O)c1ccc(Cl)cc1-c1cc(=O)n(C(Cc2ccccc2)C(=O)Cc2ccc(C(=O)O)cc2)cc1OC. The van der Waals surface area contributed by atoms with Gasteiger partial charge in [-0.3, -0.25) is 14.4 Å². The number of aromatic nitrogens is 1. The Morgan fingerprint density at radius 1 is 0.927 bits per heavy atom. The Labute approximate surface area is 243 Å². The molecule has 1 atom stereocenters. The topological polar surface area (TPSA) is 103 Å². The summed E-state index contributed by atoms with van der Waals surface area (Å²) in [7, 11) is 1.46. The van der Waals surface area contributed by atoms with Crippen LogP contribution in [0.1, 0.15) is 57.7 Å². The van der Waals surface area contributed by atoms with Crippen molar-refractivity contribution in [3.8, 4) is 16.9 Å². The molecule has 8 heteroatoms. The molecule has 4 rings (SSSR count). The van der Waals surface area contributed by atoms with Crippen LogP contribution < -0.4 is 10.3 Å². The Hall–Kier alpha value is -4.49. The number of methoxy groups -OCH3 is 1. The second-order valence-corrected chi connectivity index (χ2v) is 10.2. The number of Topliss-reactive ketones (excluding diaryl/α,β-unsaturated/α-hetero) is 2. The van der Waals surface area contributed by atoms with E-state index in [9.17, 15) is 24.3 Å². The maximum Gasteiger partial charge on any atom is 0.335 e. The Balaban J connectivity index is 1.79. The van der Waals surface area contributed by atoms with Crippen molar-refractivity contribution in [1.82, 2.24) is 4.57 Å². The summed E-state index contributed by atoms with van der Waals surface area (Å²) in [5.41, 5.74) is 2.51. The molecule has 0 radical (unpaired) electrons. The van der Waals surface area contributed by atoms with Gasteiger partial charge in [-0.1, -0.05) is 61.0 Å². The van der Waals surface area contributed by atoms with Crippen LogP contribution in [0.25, 0.3) is 11.1 Å². The number of ether oxygens (including phenoxy) is 1. The van der Waals surface area contributed by atoms with Crippen LogP contribution in [-0.2, 0) is 17.6 Å². The van der Waals surface area contributed by atoms with Crippen LogP contribution in [0.3, 0.4) is 0 Å². The quantitative estimate of drug-likeness (QED) is 0.196. The minimum atomic E-state index is -1.05. The lowest BCUT2D eigenvalue weighted by Crippen LogP contribution is -2.32. The van der Waals surface area contributed by atoms with Gasteiger partial charge < -0.3 is 14.4 Å². The van der Waals surface area contributed by atoms with Gasteiger partial charge >= 0.3 is 5.97 Å². The van der Waals surface area contributed by atoms with E-state index in [1.807, 2.05) is 37.3 Å². The van der Waals surface area contributed by atoms with Gasteiger partial charge in [0.15, 0.2) is 11.6 Å². The highest BCUT2D eigenvalue weighted by molar-refractivity contribution is 6.31. The van der Waals surface area contributed by atoms with Crippen molar-refractivity contribution in [3.63, 3.8) is 0 Å². The third-order valence-electron chi connectivity index (χ3n) is 6.87. The second kappa shape index (κ2) is 13.2. The van der Waals surface area contributed by atoms with E-state index < -0.39 is 17.6 Å². The monoisotopic (exact) mass is 571 g/mol. The van der Waals surface area contributed by atoms with Gasteiger partial charge in [-0.15, -0.1) is 0 Å². The van der Waals surface area contributed by atoms with E-state index in [1.165, 1.54) is 36.1 Å². The fourth-order valence-corrected chi connectivity index (χ4v) is 4.95. The van der Waals surface area contributed by atoms with Crippen molar-refractivity contribution < 1.29 is 24.2 Å². The molecule has 3 aromatic carbocycles. The van der Waals surface area contributed by atoms with Crippen LogP contribution in [0.2, 0.25) is 5.02 Å². The molecular weight excluding hydrogens is 542 g/mol. The minimum absolute atomic E-state index is 0.00212. The van der Waals surface area contributed by atoms with Gasteiger partial charge in [-0.2, -0.15) is 0 Å². The maximum absolute atomic E-state index is 13.7. The molecule has 7 nitrogen and oxygen atoms in total. The lowest BCUT2D eigenvalue weighted by atomic mass is 9.94. The second-order valence-electron chi connectivity index (χ2n) is 9.71. The lowest BCUT2D eigenvalue weighted by Gasteiger charge is -2.22. The van der Waals surface area contributed by atoms with Gasteiger partial charge in [0.05, 0.1) is 24.9 Å². The summed E-state index contributed by atoms with van der Waals surface area (Å²) in [6.45, 7) is 1.92. The van der Waals surface area contributed by atoms with E-state index in [2.05, 4.69) is 0 Å². The van der Waals surface area contributed by atoms with Crippen molar-refractivity contribution in [2.24, 2.45) is 0 Å². The molecule has 1 unspecified atom stereocenters. The first-order valence-corrected chi connectivity index (χ1v) is 13.6. The Kier molecular flexibility index (Phi) is 9.53. The molecule has 0 saturated carbocycles. The predicted molar refractivity (Wildman–Crippen MR) is 158 cm³/mol. The molecule has 0 saturated heterocycles. The van der Waals surface area contributed by atoms with Gasteiger partial charge in [0.1, 0.15) is 5.75 Å². The van der Waals surface area contributed by atoms with E-state index in [-0.39, 0.29) is 30.0 Å². The number of pyridine rings is 1. The number of ketones is 2. The molecule has 4 aromatic rings. The molecule has 1 aromatic heterocycles. The average Bonchev–Trinajstić information content (AvgIpc) is 2.96. The number of carbonyl (C=O) groups is 3. The highest BCUT2D eigenvalue weighted by Crippen LogP contribution is 2.34. The number of carbonyl (C=O) groups excluding carboxylic acids is 2. The van der Waals surface area contributed by atoms with Crippen LogP contribution in [0.4, 0.5) is 0 Å². The number of rotatable bonds is 12. The Morgan fingerprint density at radius 2 is 1.63 bits per heavy atom. The number of nitrogens with zero attached hydrogens (tertiary/aromatic N) is 1. The summed E-state index contributed by atoms with van der Waals surface area (Å²) in [4.78, 5) is 51.5. The van der Waals surface area contributed by atoms with Gasteiger partial charge in [-0.05, 0) is 53.4 Å². The molecule has 0 spiro atoms. The van der Waals surface area contributed by atoms with E-state index >= 15 is 0 Å². The van der Waals surface area contributed by atoms with Gasteiger partial charge in [0.25, 0.3) is 5.56 Å². The maximum atomic E-state index is 13.7. The largest absolute Gasteiger partial charge is 0.495 e. The normalized spacial score (nSPS) is 11.6. The highest BCUT2D eigenvalue weighted by Gasteiger charge is 2.25. The number of hydrogen-bond donors (Lipinski definition) is 1. The zero-order chi connectivity index (χ0) is 29.5. The molecular formula is C33H30ClNO6. The van der Waals surface area contributed by atoms with E-state index in [1.54, 1.807) is 30.3 Å². The molecule has 0 bridgehead atoms. The van der Waals surface area contributed by atoms with Gasteiger partial charge in [0.2, 0.25) is 0 Å². The molecule has 210 valence electrons. The third-order valence-corrected chi connectivity index (χ3v) is 7.11. The van der Waals surface area contributed by atoms with E-state index in [0.29, 0.717) is 45.9 Å². The summed E-state index contributed by atoms with van der Waals surface area (Å²) in [5.74, 6) is -1.04. The van der Waals surface area contributed by atoms with Crippen LogP contribution in [-0.4, -0.2) is 34.3 Å². The van der Waals surface area contributed by atoms with E-state index in [0.717, 1.165) is 5.56 Å². The van der Waals surface area contributed by atoms with Gasteiger partial charge in [-0.25, -0.2) is 4.79 Å². The van der Waals surface area contributed by atoms with Crippen molar-refractivity contribution >= 4 is 29.1 Å². The summed E-state index contributed by atoms with van der Waals surface area (Å²) < 4.78 is 7.05. The summed E-state index contributed by atoms with van der Waals surface area (Å²) in [6, 6.07) is 20.9.